The van der Waals surface area contributed by atoms with Crippen molar-refractivity contribution in [2.24, 2.45) is 5.10 Å². The fourth-order valence-corrected chi connectivity index (χ4v) is 5.24. The van der Waals surface area contributed by atoms with E-state index in [1.54, 1.807) is 42.5 Å². The number of ether oxygens (including phenoxy) is 1. The Kier molecular flexibility index (Phi) is 7.37. The average molecular weight is 628 g/mol. The molecular weight excluding hydrogens is 608 g/mol. The summed E-state index contributed by atoms with van der Waals surface area (Å²) in [4.78, 5) is 30.8. The predicted molar refractivity (Wildman–Crippen MR) is 164 cm³/mol. The first kappa shape index (κ1) is 26.5. The zero-order chi connectivity index (χ0) is 28.3. The number of amides is 1. The molecular formula is C31H20BrClN4O4. The van der Waals surface area contributed by atoms with Gasteiger partial charge in [0.15, 0.2) is 12.4 Å². The second-order valence-electron chi connectivity index (χ2n) is 8.97. The summed E-state index contributed by atoms with van der Waals surface area (Å²) in [5.74, 6) is 0.594. The number of anilines is 1. The highest BCUT2D eigenvalue weighted by Gasteiger charge is 2.17. The van der Waals surface area contributed by atoms with E-state index < -0.39 is 0 Å². The van der Waals surface area contributed by atoms with Gasteiger partial charge in [-0.2, -0.15) is 9.78 Å². The maximum Gasteiger partial charge on any atom is 0.282 e. The molecule has 6 rings (SSSR count). The highest BCUT2D eigenvalue weighted by molar-refractivity contribution is 9.10. The zero-order valence-corrected chi connectivity index (χ0v) is 23.6. The van der Waals surface area contributed by atoms with E-state index in [1.165, 1.54) is 10.9 Å². The predicted octanol–water partition coefficient (Wildman–Crippen LogP) is 7.13. The quantitative estimate of drug-likeness (QED) is 0.190. The molecule has 0 atom stereocenters. The maximum absolute atomic E-state index is 13.6. The number of rotatable bonds is 7. The summed E-state index contributed by atoms with van der Waals surface area (Å²) < 4.78 is 13.6. The number of halogens is 2. The summed E-state index contributed by atoms with van der Waals surface area (Å²) in [7, 11) is 0. The van der Waals surface area contributed by atoms with Gasteiger partial charge in [-0.15, -0.1) is 0 Å². The standard InChI is InChI=1S/C31H20BrClN4O4/c32-24-16-21(33)14-20(29(24)40-18-28(38)35-22-9-2-1-3-10-22)17-34-37-30(27-15-19-8-4-7-13-26(19)41-27)36-25-12-6-5-11-23(25)31(37)39/h1-17H,18H2,(H,35,38). The Hall–Kier alpha value is -4.73. The summed E-state index contributed by atoms with van der Waals surface area (Å²) >= 11 is 9.79. The molecule has 2 aromatic heterocycles. The zero-order valence-electron chi connectivity index (χ0n) is 21.3. The number of aromatic nitrogens is 2. The molecule has 1 N–H and O–H groups in total. The van der Waals surface area contributed by atoms with Crippen molar-refractivity contribution in [2.45, 2.75) is 0 Å². The SMILES string of the molecule is O=C(COc1c(Br)cc(Cl)cc1C=Nn1c(-c2cc3ccccc3o2)nc2ccccc2c1=O)Nc1ccccc1. The third kappa shape index (κ3) is 5.63. The van der Waals surface area contributed by atoms with E-state index in [2.05, 4.69) is 26.3 Å². The Balaban J connectivity index is 1.39. The molecule has 0 bridgehead atoms. The van der Waals surface area contributed by atoms with Gasteiger partial charge in [-0.25, -0.2) is 4.98 Å². The molecule has 1 amide bonds. The van der Waals surface area contributed by atoms with Crippen LogP contribution >= 0.6 is 27.5 Å². The van der Waals surface area contributed by atoms with Crippen molar-refractivity contribution in [1.82, 2.24) is 9.66 Å². The Labute approximate surface area is 247 Å². The van der Waals surface area contributed by atoms with E-state index in [1.807, 2.05) is 54.6 Å². The van der Waals surface area contributed by atoms with Crippen LogP contribution in [0.1, 0.15) is 5.56 Å². The highest BCUT2D eigenvalue weighted by atomic mass is 79.9. The molecule has 0 saturated carbocycles. The Bertz CT molecular complexity index is 1970. The molecule has 202 valence electrons. The van der Waals surface area contributed by atoms with E-state index in [0.29, 0.717) is 48.7 Å². The first-order valence-electron chi connectivity index (χ1n) is 12.5. The van der Waals surface area contributed by atoms with Crippen LogP contribution in [0.2, 0.25) is 5.02 Å². The molecule has 0 aliphatic carbocycles. The number of nitrogens with one attached hydrogen (secondary N) is 1. The van der Waals surface area contributed by atoms with Crippen molar-refractivity contribution in [3.05, 3.63) is 122 Å². The smallest absolute Gasteiger partial charge is 0.282 e. The topological polar surface area (TPSA) is 98.7 Å². The molecule has 0 aliphatic rings. The molecule has 0 unspecified atom stereocenters. The number of nitrogens with zero attached hydrogens (tertiary/aromatic N) is 3. The first-order valence-corrected chi connectivity index (χ1v) is 13.7. The number of hydrogen-bond donors (Lipinski definition) is 1. The molecule has 10 heteroatoms. The Morgan fingerprint density at radius 2 is 1.78 bits per heavy atom. The van der Waals surface area contributed by atoms with E-state index in [0.717, 1.165) is 5.39 Å². The summed E-state index contributed by atoms with van der Waals surface area (Å²) in [5, 5.41) is 8.95. The molecule has 6 aromatic rings. The lowest BCUT2D eigenvalue weighted by Crippen LogP contribution is -2.21. The molecule has 0 spiro atoms. The van der Waals surface area contributed by atoms with Gasteiger partial charge in [0.2, 0.25) is 5.82 Å². The third-order valence-corrected chi connectivity index (χ3v) is 6.96. The number of furan rings is 1. The average Bonchev–Trinajstić information content (AvgIpc) is 3.41. The Morgan fingerprint density at radius 3 is 2.61 bits per heavy atom. The van der Waals surface area contributed by atoms with Crippen LogP contribution in [0.4, 0.5) is 5.69 Å². The lowest BCUT2D eigenvalue weighted by Gasteiger charge is -2.12. The van der Waals surface area contributed by atoms with Crippen LogP contribution in [-0.2, 0) is 4.79 Å². The molecule has 0 fully saturated rings. The van der Waals surface area contributed by atoms with Crippen LogP contribution in [0.15, 0.2) is 116 Å². The second kappa shape index (κ2) is 11.4. The number of hydrogen-bond acceptors (Lipinski definition) is 6. The third-order valence-electron chi connectivity index (χ3n) is 6.15. The fourth-order valence-electron chi connectivity index (χ4n) is 4.29. The minimum Gasteiger partial charge on any atom is -0.482 e. The monoisotopic (exact) mass is 626 g/mol. The molecule has 0 radical (unpaired) electrons. The van der Waals surface area contributed by atoms with E-state index in [-0.39, 0.29) is 23.9 Å². The second-order valence-corrected chi connectivity index (χ2v) is 10.3. The van der Waals surface area contributed by atoms with Gasteiger partial charge in [-0.1, -0.05) is 60.1 Å². The van der Waals surface area contributed by atoms with E-state index in [9.17, 15) is 9.59 Å². The van der Waals surface area contributed by atoms with E-state index in [4.69, 9.17) is 25.7 Å². The number of fused-ring (bicyclic) bond motifs is 2. The minimum absolute atomic E-state index is 0.229. The molecule has 4 aromatic carbocycles. The highest BCUT2D eigenvalue weighted by Crippen LogP contribution is 2.32. The molecule has 8 nitrogen and oxygen atoms in total. The summed E-state index contributed by atoms with van der Waals surface area (Å²) in [6.45, 7) is -0.266. The first-order chi connectivity index (χ1) is 20.0. The van der Waals surface area contributed by atoms with Crippen LogP contribution in [0.5, 0.6) is 5.75 Å². The van der Waals surface area contributed by atoms with Crippen molar-refractivity contribution < 1.29 is 13.9 Å². The normalized spacial score (nSPS) is 11.4. The molecule has 2 heterocycles. The van der Waals surface area contributed by atoms with Crippen molar-refractivity contribution >= 4 is 67.2 Å². The van der Waals surface area contributed by atoms with Gasteiger partial charge < -0.3 is 14.5 Å². The molecule has 41 heavy (non-hydrogen) atoms. The van der Waals surface area contributed by atoms with Crippen molar-refractivity contribution in [1.29, 1.82) is 0 Å². The van der Waals surface area contributed by atoms with Gasteiger partial charge in [-0.3, -0.25) is 9.59 Å². The number of para-hydroxylation sites is 3. The van der Waals surface area contributed by atoms with Crippen LogP contribution in [0, 0.1) is 0 Å². The molecule has 0 aliphatic heterocycles. The molecule has 0 saturated heterocycles. The summed E-state index contributed by atoms with van der Waals surface area (Å²) in [6, 6.07) is 28.7. The lowest BCUT2D eigenvalue weighted by atomic mass is 10.2. The Morgan fingerprint density at radius 1 is 1.02 bits per heavy atom. The van der Waals surface area contributed by atoms with E-state index >= 15 is 0 Å². The van der Waals surface area contributed by atoms with Crippen molar-refractivity contribution in [2.75, 3.05) is 11.9 Å². The number of benzene rings is 4. The van der Waals surface area contributed by atoms with Crippen LogP contribution in [-0.4, -0.2) is 28.4 Å². The maximum atomic E-state index is 13.6. The summed E-state index contributed by atoms with van der Waals surface area (Å²) in [6.07, 6.45) is 1.44. The van der Waals surface area contributed by atoms with Crippen LogP contribution < -0.4 is 15.6 Å². The van der Waals surface area contributed by atoms with Crippen molar-refractivity contribution in [3.63, 3.8) is 0 Å². The lowest BCUT2D eigenvalue weighted by molar-refractivity contribution is -0.118. The van der Waals surface area contributed by atoms with Gasteiger partial charge in [0.25, 0.3) is 11.5 Å². The number of carbonyl (C=O) groups excluding carboxylic acids is 1. The largest absolute Gasteiger partial charge is 0.482 e. The van der Waals surface area contributed by atoms with Crippen molar-refractivity contribution in [3.8, 4) is 17.3 Å². The fraction of sp³-hybridized carbons (Fsp3) is 0.0323. The number of carbonyl (C=O) groups is 1. The summed E-state index contributed by atoms with van der Waals surface area (Å²) in [5.41, 5.74) is 1.88. The van der Waals surface area contributed by atoms with Crippen LogP contribution in [0.3, 0.4) is 0 Å². The van der Waals surface area contributed by atoms with Gasteiger partial charge in [-0.05, 0) is 64.5 Å². The van der Waals surface area contributed by atoms with Gasteiger partial charge in [0.05, 0.1) is 21.6 Å². The van der Waals surface area contributed by atoms with Gasteiger partial charge >= 0.3 is 0 Å². The minimum atomic E-state index is -0.381. The van der Waals surface area contributed by atoms with Crippen LogP contribution in [0.25, 0.3) is 33.5 Å². The van der Waals surface area contributed by atoms with Gasteiger partial charge in [0.1, 0.15) is 11.3 Å². The van der Waals surface area contributed by atoms with Gasteiger partial charge in [0, 0.05) is 21.7 Å².